The lowest BCUT2D eigenvalue weighted by molar-refractivity contribution is -0.384. The van der Waals surface area contributed by atoms with Gasteiger partial charge in [0, 0.05) is 51.4 Å². The van der Waals surface area contributed by atoms with Gasteiger partial charge in [-0.1, -0.05) is 12.1 Å². The Morgan fingerprint density at radius 2 is 1.60 bits per heavy atom. The molecular formula is C21H23FN4O4. The van der Waals surface area contributed by atoms with Gasteiger partial charge in [0.25, 0.3) is 11.6 Å². The molecule has 0 spiro atoms. The van der Waals surface area contributed by atoms with Crippen LogP contribution in [0.15, 0.2) is 42.5 Å². The summed E-state index contributed by atoms with van der Waals surface area (Å²) < 4.78 is 19.5. The lowest BCUT2D eigenvalue weighted by Gasteiger charge is -2.37. The molecule has 4 rings (SSSR count). The summed E-state index contributed by atoms with van der Waals surface area (Å²) in [5.74, 6) is -0.529. The third-order valence-corrected chi connectivity index (χ3v) is 5.53. The number of carbonyl (C=O) groups is 1. The molecule has 0 N–H and O–H groups in total. The van der Waals surface area contributed by atoms with E-state index in [1.165, 1.54) is 18.2 Å². The predicted octanol–water partition coefficient (Wildman–Crippen LogP) is 2.53. The van der Waals surface area contributed by atoms with Crippen LogP contribution >= 0.6 is 0 Å². The van der Waals surface area contributed by atoms with Crippen LogP contribution in [0.5, 0.6) is 0 Å². The van der Waals surface area contributed by atoms with Gasteiger partial charge in [0.1, 0.15) is 5.82 Å². The van der Waals surface area contributed by atoms with Gasteiger partial charge < -0.3 is 19.4 Å². The van der Waals surface area contributed by atoms with Crippen LogP contribution in [-0.2, 0) is 4.74 Å². The zero-order chi connectivity index (χ0) is 21.1. The van der Waals surface area contributed by atoms with Crippen LogP contribution in [0.1, 0.15) is 10.4 Å². The number of rotatable bonds is 4. The van der Waals surface area contributed by atoms with E-state index in [9.17, 15) is 19.3 Å². The maximum Gasteiger partial charge on any atom is 0.270 e. The summed E-state index contributed by atoms with van der Waals surface area (Å²) in [5.41, 5.74) is 1.42. The van der Waals surface area contributed by atoms with Crippen molar-refractivity contribution in [1.29, 1.82) is 0 Å². The Balaban J connectivity index is 1.54. The minimum Gasteiger partial charge on any atom is -0.378 e. The number of hydrogen-bond donors (Lipinski definition) is 0. The van der Waals surface area contributed by atoms with Crippen LogP contribution in [0, 0.1) is 15.9 Å². The first kappa shape index (κ1) is 20.1. The van der Waals surface area contributed by atoms with Gasteiger partial charge in [0.2, 0.25) is 0 Å². The Kier molecular flexibility index (Phi) is 5.80. The van der Waals surface area contributed by atoms with E-state index in [-0.39, 0.29) is 17.4 Å². The van der Waals surface area contributed by atoms with Crippen LogP contribution in [0.2, 0.25) is 0 Å². The highest BCUT2D eigenvalue weighted by Gasteiger charge is 2.28. The molecule has 0 saturated carbocycles. The Morgan fingerprint density at radius 3 is 2.27 bits per heavy atom. The minimum absolute atomic E-state index is 0.111. The molecule has 0 aliphatic carbocycles. The number of non-ortho nitro benzene ring substituents is 1. The van der Waals surface area contributed by atoms with Crippen molar-refractivity contribution < 1.29 is 18.8 Å². The molecule has 0 radical (unpaired) electrons. The van der Waals surface area contributed by atoms with E-state index in [2.05, 4.69) is 0 Å². The fourth-order valence-corrected chi connectivity index (χ4v) is 3.92. The predicted molar refractivity (Wildman–Crippen MR) is 111 cm³/mol. The van der Waals surface area contributed by atoms with Gasteiger partial charge in [-0.25, -0.2) is 4.39 Å². The van der Waals surface area contributed by atoms with E-state index in [1.807, 2.05) is 9.80 Å². The van der Waals surface area contributed by atoms with Gasteiger partial charge >= 0.3 is 0 Å². The molecule has 2 saturated heterocycles. The number of amides is 1. The summed E-state index contributed by atoms with van der Waals surface area (Å²) in [6.07, 6.45) is 0. The number of benzene rings is 2. The standard InChI is InChI=1S/C21H23FN4O4/c22-18-3-1-2-4-20(18)23-7-9-25(10-8-23)21(27)17-15-16(26(28)29)5-6-19(17)24-11-13-30-14-12-24/h1-6,15H,7-14H2. The fourth-order valence-electron chi connectivity index (χ4n) is 3.92. The molecule has 0 aromatic heterocycles. The van der Waals surface area contributed by atoms with Crippen LogP contribution in [0.4, 0.5) is 21.5 Å². The molecule has 158 valence electrons. The van der Waals surface area contributed by atoms with E-state index < -0.39 is 4.92 Å². The zero-order valence-corrected chi connectivity index (χ0v) is 16.5. The highest BCUT2D eigenvalue weighted by molar-refractivity contribution is 6.00. The molecule has 2 aliphatic rings. The Labute approximate surface area is 173 Å². The quantitative estimate of drug-likeness (QED) is 0.565. The highest BCUT2D eigenvalue weighted by Crippen LogP contribution is 2.28. The lowest BCUT2D eigenvalue weighted by Crippen LogP contribution is -2.49. The smallest absolute Gasteiger partial charge is 0.270 e. The van der Waals surface area contributed by atoms with Crippen molar-refractivity contribution in [3.63, 3.8) is 0 Å². The van der Waals surface area contributed by atoms with Crippen molar-refractivity contribution >= 4 is 23.0 Å². The second-order valence-corrected chi connectivity index (χ2v) is 7.29. The summed E-state index contributed by atoms with van der Waals surface area (Å²) >= 11 is 0. The van der Waals surface area contributed by atoms with Crippen LogP contribution in [0.3, 0.4) is 0 Å². The maximum atomic E-state index is 14.1. The van der Waals surface area contributed by atoms with Crippen molar-refractivity contribution in [2.24, 2.45) is 0 Å². The summed E-state index contributed by atoms with van der Waals surface area (Å²) in [5, 5.41) is 11.3. The molecule has 30 heavy (non-hydrogen) atoms. The van der Waals surface area contributed by atoms with E-state index >= 15 is 0 Å². The van der Waals surface area contributed by atoms with Crippen molar-refractivity contribution in [1.82, 2.24) is 4.90 Å². The molecule has 0 bridgehead atoms. The highest BCUT2D eigenvalue weighted by atomic mass is 19.1. The summed E-state index contributed by atoms with van der Waals surface area (Å²) in [6.45, 7) is 4.16. The molecule has 2 heterocycles. The topological polar surface area (TPSA) is 79.2 Å². The average molecular weight is 414 g/mol. The number of piperazine rings is 1. The van der Waals surface area contributed by atoms with Crippen LogP contribution < -0.4 is 9.80 Å². The van der Waals surface area contributed by atoms with Gasteiger partial charge in [-0.2, -0.15) is 0 Å². The van der Waals surface area contributed by atoms with E-state index in [0.717, 1.165) is 0 Å². The number of nitro benzene ring substituents is 1. The first-order valence-corrected chi connectivity index (χ1v) is 9.94. The minimum atomic E-state index is -0.490. The van der Waals surface area contributed by atoms with Crippen molar-refractivity contribution in [2.45, 2.75) is 0 Å². The molecule has 0 atom stereocenters. The molecule has 1 amide bonds. The third kappa shape index (κ3) is 4.06. The first-order valence-electron chi connectivity index (χ1n) is 9.94. The normalized spacial score (nSPS) is 17.2. The van der Waals surface area contributed by atoms with Crippen LogP contribution in [-0.4, -0.2) is 68.2 Å². The number of nitrogens with zero attached hydrogens (tertiary/aromatic N) is 4. The number of anilines is 2. The number of para-hydroxylation sites is 1. The van der Waals surface area contributed by atoms with Crippen LogP contribution in [0.25, 0.3) is 0 Å². The van der Waals surface area contributed by atoms with Crippen molar-refractivity contribution in [2.75, 3.05) is 62.3 Å². The Hall–Kier alpha value is -3.20. The fraction of sp³-hybridized carbons (Fsp3) is 0.381. The van der Waals surface area contributed by atoms with Gasteiger partial charge in [-0.3, -0.25) is 14.9 Å². The number of morpholine rings is 1. The van der Waals surface area contributed by atoms with E-state index in [4.69, 9.17) is 4.74 Å². The first-order chi connectivity index (χ1) is 14.5. The lowest BCUT2D eigenvalue weighted by atomic mass is 10.1. The second kappa shape index (κ2) is 8.66. The molecule has 2 aromatic rings. The monoisotopic (exact) mass is 414 g/mol. The second-order valence-electron chi connectivity index (χ2n) is 7.29. The zero-order valence-electron chi connectivity index (χ0n) is 16.5. The Morgan fingerprint density at radius 1 is 0.933 bits per heavy atom. The van der Waals surface area contributed by atoms with Gasteiger partial charge in [-0.15, -0.1) is 0 Å². The van der Waals surface area contributed by atoms with Gasteiger partial charge in [0.05, 0.1) is 35.1 Å². The summed E-state index contributed by atoms with van der Waals surface area (Å²) in [7, 11) is 0. The number of ether oxygens (including phenoxy) is 1. The number of halogens is 1. The molecule has 0 unspecified atom stereocenters. The molecule has 2 aromatic carbocycles. The van der Waals surface area contributed by atoms with Gasteiger partial charge in [-0.05, 0) is 18.2 Å². The van der Waals surface area contributed by atoms with Crippen molar-refractivity contribution in [3.05, 3.63) is 64.0 Å². The molecular weight excluding hydrogens is 391 g/mol. The largest absolute Gasteiger partial charge is 0.378 e. The third-order valence-electron chi connectivity index (χ3n) is 5.53. The molecule has 8 nitrogen and oxygen atoms in total. The molecule has 2 fully saturated rings. The van der Waals surface area contributed by atoms with E-state index in [1.54, 1.807) is 29.2 Å². The average Bonchev–Trinajstić information content (AvgIpc) is 2.79. The number of nitro groups is 1. The SMILES string of the molecule is O=C(c1cc([N+](=O)[O-])ccc1N1CCOCC1)N1CCN(c2ccccc2F)CC1. The van der Waals surface area contributed by atoms with E-state index in [0.29, 0.717) is 69.4 Å². The van der Waals surface area contributed by atoms with Gasteiger partial charge in [0.15, 0.2) is 0 Å². The summed E-state index contributed by atoms with van der Waals surface area (Å²) in [6, 6.07) is 11.0. The number of hydrogen-bond acceptors (Lipinski definition) is 6. The Bertz CT molecular complexity index is 940. The molecule has 9 heteroatoms. The van der Waals surface area contributed by atoms with Crippen molar-refractivity contribution in [3.8, 4) is 0 Å². The molecule has 2 aliphatic heterocycles. The number of carbonyl (C=O) groups excluding carboxylic acids is 1. The maximum absolute atomic E-state index is 14.1. The summed E-state index contributed by atoms with van der Waals surface area (Å²) in [4.78, 5) is 29.7.